The number of amides is 1. The van der Waals surface area contributed by atoms with Crippen LogP contribution in [0.3, 0.4) is 0 Å². The molecule has 3 N–H and O–H groups in total. The number of carbonyl (C=O) groups excluding carboxylic acids is 1. The van der Waals surface area contributed by atoms with Crippen molar-refractivity contribution in [3.63, 3.8) is 0 Å². The van der Waals surface area contributed by atoms with Gasteiger partial charge in [-0.3, -0.25) is 9.20 Å². The Morgan fingerprint density at radius 1 is 1.23 bits per heavy atom. The predicted molar refractivity (Wildman–Crippen MR) is 114 cm³/mol. The third kappa shape index (κ3) is 3.28. The first kappa shape index (κ1) is 18.6. The number of oxazole rings is 1. The smallest absolute Gasteiger partial charge is 0.248 e. The highest BCUT2D eigenvalue weighted by atomic mass is 16.3. The minimum absolute atomic E-state index is 0.0299. The molecule has 1 amide bonds. The van der Waals surface area contributed by atoms with Gasteiger partial charge in [0.2, 0.25) is 11.8 Å². The molecule has 0 saturated heterocycles. The number of nitrogens with two attached hydrogens (primary N) is 1. The molecule has 1 saturated carbocycles. The number of benzene rings is 1. The maximum Gasteiger partial charge on any atom is 0.248 e. The third-order valence-corrected chi connectivity index (χ3v) is 5.96. The van der Waals surface area contributed by atoms with E-state index in [4.69, 9.17) is 15.1 Å². The number of imidazole rings is 1. The molecule has 0 spiro atoms. The molecule has 0 radical (unpaired) electrons. The van der Waals surface area contributed by atoms with E-state index in [1.54, 1.807) is 13.1 Å². The van der Waals surface area contributed by atoms with Crippen molar-refractivity contribution in [2.75, 3.05) is 12.3 Å². The molecule has 1 aliphatic rings. The van der Waals surface area contributed by atoms with E-state index in [-0.39, 0.29) is 5.91 Å². The summed E-state index contributed by atoms with van der Waals surface area (Å²) in [6, 6.07) is 7.66. The van der Waals surface area contributed by atoms with Crippen molar-refractivity contribution in [3.05, 3.63) is 42.5 Å². The molecule has 1 aliphatic carbocycles. The Bertz CT molecular complexity index is 1190. The summed E-state index contributed by atoms with van der Waals surface area (Å²) in [5.41, 5.74) is 9.11. The number of para-hydroxylation sites is 2. The minimum atomic E-state index is 0.0299. The van der Waals surface area contributed by atoms with Crippen LogP contribution in [-0.2, 0) is 4.79 Å². The number of hydrogen-bond donors (Lipinski definition) is 2. The fourth-order valence-electron chi connectivity index (χ4n) is 4.41. The SMILES string of the molecule is CC(=O)NC[C@H]1CC[C@H](c2nc(-c3nc4ccccc4o3)c3c(N)nccn32)CC1. The molecule has 5 rings (SSSR count). The molecule has 1 aromatic carbocycles. The highest BCUT2D eigenvalue weighted by Crippen LogP contribution is 2.38. The summed E-state index contributed by atoms with van der Waals surface area (Å²) in [6.07, 6.45) is 7.74. The van der Waals surface area contributed by atoms with E-state index in [0.717, 1.165) is 54.7 Å². The first-order valence-corrected chi connectivity index (χ1v) is 10.3. The number of rotatable bonds is 4. The lowest BCUT2D eigenvalue weighted by Crippen LogP contribution is -2.29. The highest BCUT2D eigenvalue weighted by Gasteiger charge is 2.28. The largest absolute Gasteiger partial charge is 0.435 e. The van der Waals surface area contributed by atoms with E-state index in [0.29, 0.717) is 29.2 Å². The summed E-state index contributed by atoms with van der Waals surface area (Å²) in [5, 5.41) is 2.94. The lowest BCUT2D eigenvalue weighted by atomic mass is 9.81. The first-order valence-electron chi connectivity index (χ1n) is 10.3. The van der Waals surface area contributed by atoms with Gasteiger partial charge in [0.25, 0.3) is 0 Å². The van der Waals surface area contributed by atoms with Crippen LogP contribution in [0.25, 0.3) is 28.2 Å². The summed E-state index contributed by atoms with van der Waals surface area (Å²) in [4.78, 5) is 25.0. The molecule has 154 valence electrons. The molecule has 3 aromatic heterocycles. The second kappa shape index (κ2) is 7.44. The second-order valence-electron chi connectivity index (χ2n) is 7.99. The van der Waals surface area contributed by atoms with Gasteiger partial charge in [-0.2, -0.15) is 0 Å². The summed E-state index contributed by atoms with van der Waals surface area (Å²) in [6.45, 7) is 2.31. The van der Waals surface area contributed by atoms with Crippen molar-refractivity contribution in [3.8, 4) is 11.6 Å². The minimum Gasteiger partial charge on any atom is -0.435 e. The zero-order chi connectivity index (χ0) is 20.7. The Hall–Kier alpha value is -3.42. The summed E-state index contributed by atoms with van der Waals surface area (Å²) in [7, 11) is 0. The zero-order valence-electron chi connectivity index (χ0n) is 16.8. The lowest BCUT2D eigenvalue weighted by molar-refractivity contribution is -0.119. The Kier molecular flexibility index (Phi) is 4.61. The maximum absolute atomic E-state index is 11.2. The predicted octanol–water partition coefficient (Wildman–Crippen LogP) is 3.53. The van der Waals surface area contributed by atoms with Crippen molar-refractivity contribution in [1.82, 2.24) is 24.7 Å². The van der Waals surface area contributed by atoms with Crippen molar-refractivity contribution in [1.29, 1.82) is 0 Å². The van der Waals surface area contributed by atoms with Crippen molar-refractivity contribution < 1.29 is 9.21 Å². The van der Waals surface area contributed by atoms with Crippen LogP contribution < -0.4 is 11.1 Å². The van der Waals surface area contributed by atoms with E-state index in [2.05, 4.69) is 15.3 Å². The Morgan fingerprint density at radius 3 is 2.80 bits per heavy atom. The van der Waals surface area contributed by atoms with Crippen molar-refractivity contribution in [2.45, 2.75) is 38.5 Å². The van der Waals surface area contributed by atoms with E-state index >= 15 is 0 Å². The van der Waals surface area contributed by atoms with Crippen molar-refractivity contribution >= 4 is 28.3 Å². The van der Waals surface area contributed by atoms with Crippen LogP contribution in [0.2, 0.25) is 0 Å². The Morgan fingerprint density at radius 2 is 2.03 bits per heavy atom. The molecular formula is C22H24N6O2. The molecular weight excluding hydrogens is 380 g/mol. The average molecular weight is 404 g/mol. The van der Waals surface area contributed by atoms with Crippen LogP contribution in [0.15, 0.2) is 41.1 Å². The normalized spacial score (nSPS) is 19.4. The van der Waals surface area contributed by atoms with Gasteiger partial charge in [0.1, 0.15) is 22.7 Å². The highest BCUT2D eigenvalue weighted by molar-refractivity contribution is 5.85. The molecule has 8 nitrogen and oxygen atoms in total. The summed E-state index contributed by atoms with van der Waals surface area (Å²) >= 11 is 0. The second-order valence-corrected chi connectivity index (χ2v) is 7.99. The van der Waals surface area contributed by atoms with Gasteiger partial charge in [-0.15, -0.1) is 0 Å². The molecule has 4 aromatic rings. The monoisotopic (exact) mass is 404 g/mol. The zero-order valence-corrected chi connectivity index (χ0v) is 16.8. The van der Waals surface area contributed by atoms with Gasteiger partial charge in [0, 0.05) is 31.8 Å². The van der Waals surface area contributed by atoms with Crippen LogP contribution in [0.4, 0.5) is 5.82 Å². The van der Waals surface area contributed by atoms with Gasteiger partial charge in [0.05, 0.1) is 0 Å². The fraction of sp³-hybridized carbons (Fsp3) is 0.364. The number of aromatic nitrogens is 4. The molecule has 8 heteroatoms. The van der Waals surface area contributed by atoms with Gasteiger partial charge in [-0.25, -0.2) is 15.0 Å². The standard InChI is InChI=1S/C22H24N6O2/c1-13(29)25-12-14-6-8-15(9-7-14)21-27-18(19-20(23)24-10-11-28(19)21)22-26-16-4-2-3-5-17(16)30-22/h2-5,10-11,14-15H,6-9,12H2,1H3,(H2,23,24)(H,25,29)/t14-,15-. The average Bonchev–Trinajstić information content (AvgIpc) is 3.35. The van der Waals surface area contributed by atoms with Crippen LogP contribution in [-0.4, -0.2) is 31.8 Å². The quantitative estimate of drug-likeness (QED) is 0.538. The van der Waals surface area contributed by atoms with Crippen molar-refractivity contribution in [2.24, 2.45) is 5.92 Å². The molecule has 1 fully saturated rings. The molecule has 0 aliphatic heterocycles. The maximum atomic E-state index is 11.2. The van der Waals surface area contributed by atoms with E-state index in [1.807, 2.05) is 34.9 Å². The lowest BCUT2D eigenvalue weighted by Gasteiger charge is -2.27. The number of nitrogens with zero attached hydrogens (tertiary/aromatic N) is 4. The van der Waals surface area contributed by atoms with Crippen LogP contribution in [0, 0.1) is 5.92 Å². The number of carbonyl (C=O) groups is 1. The van der Waals surface area contributed by atoms with Gasteiger partial charge in [-0.1, -0.05) is 12.1 Å². The van der Waals surface area contributed by atoms with Crippen LogP contribution in [0.5, 0.6) is 0 Å². The Labute approximate surface area is 173 Å². The number of anilines is 1. The van der Waals surface area contributed by atoms with Gasteiger partial charge >= 0.3 is 0 Å². The summed E-state index contributed by atoms with van der Waals surface area (Å²) < 4.78 is 8.01. The number of hydrogen-bond acceptors (Lipinski definition) is 6. The molecule has 0 unspecified atom stereocenters. The first-order chi connectivity index (χ1) is 14.6. The number of fused-ring (bicyclic) bond motifs is 2. The Balaban J connectivity index is 1.50. The molecule has 0 bridgehead atoms. The van der Waals surface area contributed by atoms with Gasteiger partial charge < -0.3 is 15.5 Å². The van der Waals surface area contributed by atoms with E-state index in [1.165, 1.54) is 0 Å². The number of nitrogens with one attached hydrogen (secondary N) is 1. The topological polar surface area (TPSA) is 111 Å². The third-order valence-electron chi connectivity index (χ3n) is 5.96. The molecule has 0 atom stereocenters. The van der Waals surface area contributed by atoms with Gasteiger partial charge in [0.15, 0.2) is 11.3 Å². The number of nitrogen functional groups attached to an aromatic ring is 1. The molecule has 3 heterocycles. The van der Waals surface area contributed by atoms with E-state index < -0.39 is 0 Å². The molecule has 30 heavy (non-hydrogen) atoms. The fourth-order valence-corrected chi connectivity index (χ4v) is 4.41. The van der Waals surface area contributed by atoms with Crippen LogP contribution >= 0.6 is 0 Å². The van der Waals surface area contributed by atoms with Gasteiger partial charge in [-0.05, 0) is 43.7 Å². The van der Waals surface area contributed by atoms with E-state index in [9.17, 15) is 4.79 Å². The summed E-state index contributed by atoms with van der Waals surface area (Å²) in [5.74, 6) is 2.69. The van der Waals surface area contributed by atoms with Crippen LogP contribution in [0.1, 0.15) is 44.3 Å².